The monoisotopic (exact) mass is 308 g/mol. The standard InChI is InChI=1S/C15H16O3S2/c16-20(10-6-13-4-2-9-19-13)11-12-3-1-5-14-15(12)18-8-7-17-14/h1-5,9H,6-8,10-11H2/t20-/m1/s1. The summed E-state index contributed by atoms with van der Waals surface area (Å²) in [6.45, 7) is 1.14. The Kier molecular flexibility index (Phi) is 4.38. The van der Waals surface area contributed by atoms with Crippen molar-refractivity contribution in [3.63, 3.8) is 0 Å². The van der Waals surface area contributed by atoms with Crippen LogP contribution in [0.2, 0.25) is 0 Å². The molecule has 0 bridgehead atoms. The molecule has 1 atom stereocenters. The van der Waals surface area contributed by atoms with E-state index in [4.69, 9.17) is 9.47 Å². The average molecular weight is 308 g/mol. The third-order valence-electron chi connectivity index (χ3n) is 3.12. The van der Waals surface area contributed by atoms with E-state index >= 15 is 0 Å². The highest BCUT2D eigenvalue weighted by atomic mass is 32.2. The summed E-state index contributed by atoms with van der Waals surface area (Å²) in [5, 5.41) is 2.05. The second-order valence-electron chi connectivity index (χ2n) is 4.56. The molecular formula is C15H16O3S2. The van der Waals surface area contributed by atoms with Gasteiger partial charge in [0.1, 0.15) is 13.2 Å². The quantitative estimate of drug-likeness (QED) is 0.852. The van der Waals surface area contributed by atoms with Crippen LogP contribution in [0.5, 0.6) is 11.5 Å². The highest BCUT2D eigenvalue weighted by Crippen LogP contribution is 2.34. The van der Waals surface area contributed by atoms with E-state index in [1.165, 1.54) is 4.88 Å². The second-order valence-corrected chi connectivity index (χ2v) is 7.17. The minimum absolute atomic E-state index is 0.526. The summed E-state index contributed by atoms with van der Waals surface area (Å²) in [5.41, 5.74) is 0.978. The molecule has 3 rings (SSSR count). The molecule has 0 saturated carbocycles. The first-order chi connectivity index (χ1) is 9.83. The number of rotatable bonds is 5. The van der Waals surface area contributed by atoms with Crippen molar-refractivity contribution in [2.45, 2.75) is 12.2 Å². The van der Waals surface area contributed by atoms with Crippen LogP contribution in [0.15, 0.2) is 35.7 Å². The molecule has 0 radical (unpaired) electrons. The molecule has 0 fully saturated rings. The van der Waals surface area contributed by atoms with Crippen molar-refractivity contribution in [2.24, 2.45) is 0 Å². The first-order valence-electron chi connectivity index (χ1n) is 6.58. The zero-order chi connectivity index (χ0) is 13.8. The van der Waals surface area contributed by atoms with E-state index in [0.29, 0.717) is 24.7 Å². The zero-order valence-electron chi connectivity index (χ0n) is 11.0. The number of benzene rings is 1. The van der Waals surface area contributed by atoms with Crippen LogP contribution in [0, 0.1) is 0 Å². The van der Waals surface area contributed by atoms with Gasteiger partial charge < -0.3 is 9.47 Å². The second kappa shape index (κ2) is 6.41. The van der Waals surface area contributed by atoms with Crippen LogP contribution in [0.1, 0.15) is 10.4 Å². The Morgan fingerprint density at radius 1 is 1.15 bits per heavy atom. The third kappa shape index (κ3) is 3.22. The van der Waals surface area contributed by atoms with Crippen molar-refractivity contribution in [1.82, 2.24) is 0 Å². The third-order valence-corrected chi connectivity index (χ3v) is 5.35. The number of aryl methyl sites for hydroxylation is 1. The summed E-state index contributed by atoms with van der Waals surface area (Å²) in [5.74, 6) is 2.75. The lowest BCUT2D eigenvalue weighted by Gasteiger charge is -2.20. The summed E-state index contributed by atoms with van der Waals surface area (Å²) >= 11 is 1.71. The van der Waals surface area contributed by atoms with Gasteiger partial charge in [0.05, 0.1) is 5.75 Å². The van der Waals surface area contributed by atoms with Crippen molar-refractivity contribution in [3.8, 4) is 11.5 Å². The van der Waals surface area contributed by atoms with Crippen LogP contribution in [0.4, 0.5) is 0 Å². The van der Waals surface area contributed by atoms with Gasteiger partial charge in [0.15, 0.2) is 11.5 Å². The van der Waals surface area contributed by atoms with Gasteiger partial charge in [-0.3, -0.25) is 4.21 Å². The molecule has 0 aliphatic carbocycles. The van der Waals surface area contributed by atoms with Gasteiger partial charge in [0.25, 0.3) is 0 Å². The Balaban J connectivity index is 1.64. The molecule has 0 amide bonds. The highest BCUT2D eigenvalue weighted by molar-refractivity contribution is 7.84. The number of hydrogen-bond donors (Lipinski definition) is 0. The summed E-state index contributed by atoms with van der Waals surface area (Å²) in [6.07, 6.45) is 0.872. The molecule has 0 spiro atoms. The predicted molar refractivity (Wildman–Crippen MR) is 82.2 cm³/mol. The topological polar surface area (TPSA) is 35.5 Å². The Hall–Kier alpha value is -1.33. The minimum Gasteiger partial charge on any atom is -0.486 e. The Morgan fingerprint density at radius 3 is 2.90 bits per heavy atom. The molecule has 1 aliphatic rings. The van der Waals surface area contributed by atoms with Gasteiger partial charge >= 0.3 is 0 Å². The number of ether oxygens (including phenoxy) is 2. The van der Waals surface area contributed by atoms with E-state index in [0.717, 1.165) is 23.5 Å². The first-order valence-corrected chi connectivity index (χ1v) is 8.94. The first kappa shape index (κ1) is 13.6. The van der Waals surface area contributed by atoms with Gasteiger partial charge in [-0.25, -0.2) is 0 Å². The zero-order valence-corrected chi connectivity index (χ0v) is 12.7. The lowest BCUT2D eigenvalue weighted by atomic mass is 10.2. The van der Waals surface area contributed by atoms with Crippen LogP contribution in [-0.4, -0.2) is 23.2 Å². The summed E-state index contributed by atoms with van der Waals surface area (Å²) in [6, 6.07) is 9.91. The lowest BCUT2D eigenvalue weighted by Crippen LogP contribution is -2.17. The maximum atomic E-state index is 12.2. The van der Waals surface area contributed by atoms with Crippen molar-refractivity contribution in [2.75, 3.05) is 19.0 Å². The van der Waals surface area contributed by atoms with E-state index in [-0.39, 0.29) is 0 Å². The number of hydrogen-bond acceptors (Lipinski definition) is 4. The van der Waals surface area contributed by atoms with E-state index in [1.54, 1.807) is 11.3 Å². The molecule has 2 heterocycles. The van der Waals surface area contributed by atoms with Crippen molar-refractivity contribution < 1.29 is 13.7 Å². The van der Waals surface area contributed by atoms with Crippen molar-refractivity contribution in [1.29, 1.82) is 0 Å². The van der Waals surface area contributed by atoms with E-state index in [9.17, 15) is 4.21 Å². The Bertz CT molecular complexity index is 593. The molecule has 3 nitrogen and oxygen atoms in total. The predicted octanol–water partition coefficient (Wildman–Crippen LogP) is 3.01. The Labute approximate surface area is 125 Å². The summed E-state index contributed by atoms with van der Waals surface area (Å²) < 4.78 is 23.4. The van der Waals surface area contributed by atoms with Gasteiger partial charge in [-0.2, -0.15) is 0 Å². The average Bonchev–Trinajstić information content (AvgIpc) is 2.99. The molecule has 1 aromatic carbocycles. The van der Waals surface area contributed by atoms with Gasteiger partial charge in [-0.1, -0.05) is 18.2 Å². The molecule has 0 saturated heterocycles. The maximum absolute atomic E-state index is 12.2. The van der Waals surface area contributed by atoms with Gasteiger partial charge in [0.2, 0.25) is 0 Å². The molecule has 0 unspecified atom stereocenters. The van der Waals surface area contributed by atoms with Gasteiger partial charge in [-0.05, 0) is 23.9 Å². The molecular weight excluding hydrogens is 292 g/mol. The summed E-state index contributed by atoms with van der Waals surface area (Å²) in [7, 11) is -0.883. The fraction of sp³-hybridized carbons (Fsp3) is 0.333. The Morgan fingerprint density at radius 2 is 2.05 bits per heavy atom. The number of para-hydroxylation sites is 1. The normalized spacial score (nSPS) is 15.0. The molecule has 1 aromatic heterocycles. The largest absolute Gasteiger partial charge is 0.486 e. The highest BCUT2D eigenvalue weighted by Gasteiger charge is 2.16. The summed E-state index contributed by atoms with van der Waals surface area (Å²) in [4.78, 5) is 1.29. The van der Waals surface area contributed by atoms with E-state index < -0.39 is 10.8 Å². The molecule has 106 valence electrons. The van der Waals surface area contributed by atoms with Gasteiger partial charge in [0, 0.05) is 27.0 Å². The van der Waals surface area contributed by atoms with E-state index in [1.807, 2.05) is 24.3 Å². The molecule has 2 aromatic rings. The minimum atomic E-state index is -0.883. The van der Waals surface area contributed by atoms with Crippen LogP contribution in [0.3, 0.4) is 0 Å². The van der Waals surface area contributed by atoms with Crippen molar-refractivity contribution >= 4 is 22.1 Å². The van der Waals surface area contributed by atoms with E-state index in [2.05, 4.69) is 11.4 Å². The SMILES string of the molecule is O=[S@](CCc1cccs1)Cc1cccc2c1OCCO2. The maximum Gasteiger partial charge on any atom is 0.165 e. The smallest absolute Gasteiger partial charge is 0.165 e. The van der Waals surface area contributed by atoms with Crippen molar-refractivity contribution in [3.05, 3.63) is 46.2 Å². The molecule has 5 heteroatoms. The van der Waals surface area contributed by atoms with Crippen LogP contribution in [-0.2, 0) is 23.0 Å². The fourth-order valence-electron chi connectivity index (χ4n) is 2.16. The fourth-order valence-corrected chi connectivity index (χ4v) is 4.17. The molecule has 1 aliphatic heterocycles. The van der Waals surface area contributed by atoms with Crippen LogP contribution < -0.4 is 9.47 Å². The lowest BCUT2D eigenvalue weighted by molar-refractivity contribution is 0.170. The van der Waals surface area contributed by atoms with Gasteiger partial charge in [-0.15, -0.1) is 11.3 Å². The molecule has 20 heavy (non-hydrogen) atoms. The van der Waals surface area contributed by atoms with Crippen LogP contribution >= 0.6 is 11.3 Å². The molecule has 0 N–H and O–H groups in total. The number of fused-ring (bicyclic) bond motifs is 1. The number of thiophene rings is 1. The van der Waals surface area contributed by atoms with Crippen LogP contribution in [0.25, 0.3) is 0 Å².